The van der Waals surface area contributed by atoms with E-state index in [0.29, 0.717) is 18.1 Å². The fraction of sp³-hybridized carbons (Fsp3) is 0.947. The zero-order chi connectivity index (χ0) is 18.5. The van der Waals surface area contributed by atoms with Crippen molar-refractivity contribution in [3.63, 3.8) is 0 Å². The van der Waals surface area contributed by atoms with Crippen LogP contribution < -0.4 is 10.6 Å². The molecule has 1 heterocycles. The van der Waals surface area contributed by atoms with Crippen molar-refractivity contribution in [1.29, 1.82) is 0 Å². The Balaban J connectivity index is 2.44. The average molecular weight is 357 g/mol. The summed E-state index contributed by atoms with van der Waals surface area (Å²) in [6, 6.07) is 0.539. The van der Waals surface area contributed by atoms with Gasteiger partial charge in [0.2, 0.25) is 0 Å². The van der Waals surface area contributed by atoms with Crippen LogP contribution in [0.15, 0.2) is 4.99 Å². The van der Waals surface area contributed by atoms with Crippen molar-refractivity contribution in [3.05, 3.63) is 0 Å². The van der Waals surface area contributed by atoms with Crippen LogP contribution >= 0.6 is 0 Å². The predicted molar refractivity (Wildman–Crippen MR) is 105 cm³/mol. The summed E-state index contributed by atoms with van der Waals surface area (Å²) < 4.78 is 11.0. The van der Waals surface area contributed by atoms with Crippen LogP contribution in [0.1, 0.15) is 47.0 Å². The first kappa shape index (κ1) is 22.2. The van der Waals surface area contributed by atoms with E-state index >= 15 is 0 Å². The minimum atomic E-state index is 0.305. The standard InChI is InChI=1S/C19H40N4O2/c1-6-20-19(21-11-10-18(16(3)4)25-7-2)22-15-17-9-8-12-23(17)13-14-24-5/h16-18H,6-15H2,1-5H3,(H2,20,21,22). The van der Waals surface area contributed by atoms with E-state index in [9.17, 15) is 0 Å². The molecule has 2 atom stereocenters. The molecule has 1 saturated heterocycles. The minimum absolute atomic E-state index is 0.305. The van der Waals surface area contributed by atoms with Crippen LogP contribution in [0.25, 0.3) is 0 Å². The Bertz CT molecular complexity index is 363. The van der Waals surface area contributed by atoms with Crippen LogP contribution in [0.2, 0.25) is 0 Å². The molecule has 6 nitrogen and oxygen atoms in total. The molecule has 0 saturated carbocycles. The molecule has 25 heavy (non-hydrogen) atoms. The number of nitrogens with zero attached hydrogens (tertiary/aromatic N) is 2. The minimum Gasteiger partial charge on any atom is -0.383 e. The highest BCUT2D eigenvalue weighted by atomic mass is 16.5. The molecule has 0 amide bonds. The maximum absolute atomic E-state index is 5.82. The molecule has 1 aliphatic heterocycles. The Morgan fingerprint density at radius 3 is 2.72 bits per heavy atom. The third kappa shape index (κ3) is 8.88. The largest absolute Gasteiger partial charge is 0.383 e. The summed E-state index contributed by atoms with van der Waals surface area (Å²) in [5.74, 6) is 1.45. The summed E-state index contributed by atoms with van der Waals surface area (Å²) in [7, 11) is 1.77. The van der Waals surface area contributed by atoms with Crippen LogP contribution in [0.3, 0.4) is 0 Å². The third-order valence-corrected chi connectivity index (χ3v) is 4.73. The smallest absolute Gasteiger partial charge is 0.191 e. The number of methoxy groups -OCH3 is 1. The monoisotopic (exact) mass is 356 g/mol. The van der Waals surface area contributed by atoms with Gasteiger partial charge in [0.25, 0.3) is 0 Å². The molecule has 0 aromatic rings. The van der Waals surface area contributed by atoms with Crippen molar-refractivity contribution in [3.8, 4) is 0 Å². The lowest BCUT2D eigenvalue weighted by atomic mass is 10.0. The first-order valence-corrected chi connectivity index (χ1v) is 9.99. The Morgan fingerprint density at radius 2 is 2.08 bits per heavy atom. The molecule has 0 aromatic carbocycles. The quantitative estimate of drug-likeness (QED) is 0.414. The van der Waals surface area contributed by atoms with Gasteiger partial charge in [0.05, 0.1) is 19.3 Å². The van der Waals surface area contributed by atoms with E-state index in [0.717, 1.165) is 58.3 Å². The molecule has 1 aliphatic rings. The number of hydrogen-bond donors (Lipinski definition) is 2. The highest BCUT2D eigenvalue weighted by Crippen LogP contribution is 2.16. The molecule has 0 aromatic heterocycles. The van der Waals surface area contributed by atoms with Crippen molar-refractivity contribution in [2.24, 2.45) is 10.9 Å². The van der Waals surface area contributed by atoms with Gasteiger partial charge in [-0.3, -0.25) is 9.89 Å². The van der Waals surface area contributed by atoms with Crippen molar-refractivity contribution in [1.82, 2.24) is 15.5 Å². The molecule has 0 radical (unpaired) electrons. The maximum atomic E-state index is 5.82. The van der Waals surface area contributed by atoms with Crippen molar-refractivity contribution < 1.29 is 9.47 Å². The molecular weight excluding hydrogens is 316 g/mol. The van der Waals surface area contributed by atoms with Crippen molar-refractivity contribution in [2.45, 2.75) is 59.1 Å². The Hall–Kier alpha value is -0.850. The van der Waals surface area contributed by atoms with Gasteiger partial charge in [0.1, 0.15) is 0 Å². The van der Waals surface area contributed by atoms with E-state index in [1.165, 1.54) is 12.8 Å². The number of rotatable bonds is 12. The number of aliphatic imine (C=N–C) groups is 1. The molecule has 148 valence electrons. The van der Waals surface area contributed by atoms with E-state index in [2.05, 4.69) is 43.2 Å². The number of likely N-dealkylation sites (tertiary alicyclic amines) is 1. The van der Waals surface area contributed by atoms with E-state index < -0.39 is 0 Å². The number of guanidine groups is 1. The topological polar surface area (TPSA) is 58.1 Å². The average Bonchev–Trinajstić information content (AvgIpc) is 3.04. The number of hydrogen-bond acceptors (Lipinski definition) is 4. The van der Waals surface area contributed by atoms with Crippen LogP contribution in [0.5, 0.6) is 0 Å². The van der Waals surface area contributed by atoms with Gasteiger partial charge in [-0.05, 0) is 45.6 Å². The first-order chi connectivity index (χ1) is 12.1. The Kier molecular flexibility index (Phi) is 11.9. The molecule has 0 bridgehead atoms. The molecule has 1 fully saturated rings. The maximum Gasteiger partial charge on any atom is 0.191 e. The molecule has 2 N–H and O–H groups in total. The van der Waals surface area contributed by atoms with Crippen LogP contribution in [0, 0.1) is 5.92 Å². The van der Waals surface area contributed by atoms with Gasteiger partial charge in [-0.1, -0.05) is 13.8 Å². The molecule has 1 rings (SSSR count). The van der Waals surface area contributed by atoms with Crippen LogP contribution in [-0.2, 0) is 9.47 Å². The highest BCUT2D eigenvalue weighted by Gasteiger charge is 2.23. The third-order valence-electron chi connectivity index (χ3n) is 4.73. The summed E-state index contributed by atoms with van der Waals surface area (Å²) in [5, 5.41) is 6.82. The van der Waals surface area contributed by atoms with Gasteiger partial charge >= 0.3 is 0 Å². The lowest BCUT2D eigenvalue weighted by molar-refractivity contribution is 0.0258. The van der Waals surface area contributed by atoms with Gasteiger partial charge in [0.15, 0.2) is 5.96 Å². The molecule has 0 spiro atoms. The summed E-state index contributed by atoms with van der Waals surface area (Å²) in [6.45, 7) is 14.9. The van der Waals surface area contributed by atoms with Crippen molar-refractivity contribution in [2.75, 3.05) is 53.0 Å². The van der Waals surface area contributed by atoms with Gasteiger partial charge in [-0.2, -0.15) is 0 Å². The normalized spacial score (nSPS) is 20.2. The van der Waals surface area contributed by atoms with E-state index in [1.54, 1.807) is 7.11 Å². The summed E-state index contributed by atoms with van der Waals surface area (Å²) in [6.07, 6.45) is 3.80. The predicted octanol–water partition coefficient (Wildman–Crippen LogP) is 2.10. The molecule has 6 heteroatoms. The molecule has 0 aliphatic carbocycles. The van der Waals surface area contributed by atoms with E-state index in [4.69, 9.17) is 14.5 Å². The fourth-order valence-corrected chi connectivity index (χ4v) is 3.30. The summed E-state index contributed by atoms with van der Waals surface area (Å²) >= 11 is 0. The second-order valence-electron chi connectivity index (χ2n) is 7.00. The second-order valence-corrected chi connectivity index (χ2v) is 7.00. The lowest BCUT2D eigenvalue weighted by Crippen LogP contribution is -2.41. The van der Waals surface area contributed by atoms with Crippen LogP contribution in [0.4, 0.5) is 0 Å². The fourth-order valence-electron chi connectivity index (χ4n) is 3.30. The Morgan fingerprint density at radius 1 is 1.28 bits per heavy atom. The number of nitrogens with one attached hydrogen (secondary N) is 2. The SMILES string of the molecule is CCNC(=NCC1CCCN1CCOC)NCCC(OCC)C(C)C. The van der Waals surface area contributed by atoms with Gasteiger partial charge in [-0.15, -0.1) is 0 Å². The van der Waals surface area contributed by atoms with Gasteiger partial charge < -0.3 is 20.1 Å². The Labute approximate surface area is 154 Å². The van der Waals surface area contributed by atoms with Crippen molar-refractivity contribution >= 4 is 5.96 Å². The zero-order valence-corrected chi connectivity index (χ0v) is 17.0. The van der Waals surface area contributed by atoms with E-state index in [-0.39, 0.29) is 0 Å². The second kappa shape index (κ2) is 13.4. The van der Waals surface area contributed by atoms with E-state index in [1.807, 2.05) is 0 Å². The molecular formula is C19H40N4O2. The summed E-state index contributed by atoms with van der Waals surface area (Å²) in [4.78, 5) is 7.31. The number of ether oxygens (including phenoxy) is 2. The lowest BCUT2D eigenvalue weighted by Gasteiger charge is -2.23. The van der Waals surface area contributed by atoms with Gasteiger partial charge in [-0.25, -0.2) is 0 Å². The zero-order valence-electron chi connectivity index (χ0n) is 17.0. The summed E-state index contributed by atoms with van der Waals surface area (Å²) in [5.41, 5.74) is 0. The highest BCUT2D eigenvalue weighted by molar-refractivity contribution is 5.79. The molecule has 2 unspecified atom stereocenters. The van der Waals surface area contributed by atoms with Crippen LogP contribution in [-0.4, -0.2) is 76.1 Å². The van der Waals surface area contributed by atoms with Gasteiger partial charge in [0, 0.05) is 39.4 Å². The first-order valence-electron chi connectivity index (χ1n) is 9.99.